The molecule has 3 aromatic rings. The van der Waals surface area contributed by atoms with E-state index in [2.05, 4.69) is 15.6 Å². The number of imidazole rings is 1. The van der Waals surface area contributed by atoms with Crippen LogP contribution in [0.3, 0.4) is 0 Å². The molecule has 7 heteroatoms. The molecule has 0 bridgehead atoms. The maximum Gasteiger partial charge on any atom is 0.328 e. The third-order valence-electron chi connectivity index (χ3n) is 4.55. The molecular weight excluding hydrogens is 368 g/mol. The third kappa shape index (κ3) is 4.56. The molecule has 1 atom stereocenters. The monoisotopic (exact) mass is 394 g/mol. The Balaban J connectivity index is 1.93. The normalized spacial score (nSPS) is 12.0. The van der Waals surface area contributed by atoms with E-state index in [-0.39, 0.29) is 12.5 Å². The first-order chi connectivity index (χ1) is 13.9. The average Bonchev–Trinajstić information content (AvgIpc) is 3.04. The second-order valence-electron chi connectivity index (χ2n) is 7.18. The van der Waals surface area contributed by atoms with Crippen LogP contribution in [0, 0.1) is 12.8 Å². The van der Waals surface area contributed by atoms with E-state index in [0.717, 1.165) is 11.1 Å². The Morgan fingerprint density at radius 2 is 1.97 bits per heavy atom. The second kappa shape index (κ2) is 8.77. The molecule has 0 aliphatic heterocycles. The summed E-state index contributed by atoms with van der Waals surface area (Å²) in [4.78, 5) is 29.6. The fourth-order valence-corrected chi connectivity index (χ4v) is 3.12. The van der Waals surface area contributed by atoms with Crippen molar-refractivity contribution in [3.63, 3.8) is 0 Å². The first kappa shape index (κ1) is 20.4. The number of fused-ring (bicyclic) bond motifs is 1. The van der Waals surface area contributed by atoms with Gasteiger partial charge in [-0.2, -0.15) is 0 Å². The zero-order valence-corrected chi connectivity index (χ0v) is 17.1. The number of carbonyl (C=O) groups is 2. The highest BCUT2D eigenvalue weighted by Crippen LogP contribution is 2.29. The van der Waals surface area contributed by atoms with Gasteiger partial charge in [0.25, 0.3) is 0 Å². The number of nitrogens with one attached hydrogen (secondary N) is 2. The smallest absolute Gasteiger partial charge is 0.328 e. The fourth-order valence-electron chi connectivity index (χ4n) is 3.12. The van der Waals surface area contributed by atoms with E-state index in [1.807, 2.05) is 73.8 Å². The van der Waals surface area contributed by atoms with Gasteiger partial charge in [-0.15, -0.1) is 0 Å². The lowest BCUT2D eigenvalue weighted by Crippen LogP contribution is -2.47. The van der Waals surface area contributed by atoms with E-state index in [1.165, 1.54) is 0 Å². The molecule has 3 rings (SSSR count). The number of rotatable bonds is 6. The zero-order chi connectivity index (χ0) is 21.0. The van der Waals surface area contributed by atoms with Crippen LogP contribution in [-0.2, 0) is 9.53 Å². The maximum absolute atomic E-state index is 12.8. The van der Waals surface area contributed by atoms with Crippen LogP contribution in [0.1, 0.15) is 26.3 Å². The SMILES string of the molecule is CCOC(=O)[C@@H](NC(=O)Nc1c(-c2cccc(C)c2)nc2ccccn12)C(C)C. The summed E-state index contributed by atoms with van der Waals surface area (Å²) >= 11 is 0. The second-order valence-corrected chi connectivity index (χ2v) is 7.18. The van der Waals surface area contributed by atoms with Crippen LogP contribution < -0.4 is 10.6 Å². The minimum Gasteiger partial charge on any atom is -0.464 e. The molecule has 0 aliphatic rings. The van der Waals surface area contributed by atoms with Crippen LogP contribution in [0.15, 0.2) is 48.7 Å². The van der Waals surface area contributed by atoms with Gasteiger partial charge >= 0.3 is 12.0 Å². The molecule has 0 spiro atoms. The molecule has 152 valence electrons. The summed E-state index contributed by atoms with van der Waals surface area (Å²) in [7, 11) is 0. The molecule has 0 fully saturated rings. The number of hydrogen-bond acceptors (Lipinski definition) is 4. The van der Waals surface area contributed by atoms with Gasteiger partial charge in [0.15, 0.2) is 0 Å². The first-order valence-electron chi connectivity index (χ1n) is 9.69. The molecule has 2 heterocycles. The Morgan fingerprint density at radius 3 is 2.66 bits per heavy atom. The van der Waals surface area contributed by atoms with E-state index in [4.69, 9.17) is 4.74 Å². The lowest BCUT2D eigenvalue weighted by atomic mass is 10.1. The van der Waals surface area contributed by atoms with E-state index < -0.39 is 18.0 Å². The minimum atomic E-state index is -0.739. The number of anilines is 1. The quantitative estimate of drug-likeness (QED) is 0.619. The summed E-state index contributed by atoms with van der Waals surface area (Å²) in [6, 6.07) is 12.3. The van der Waals surface area contributed by atoms with Crippen molar-refractivity contribution in [3.8, 4) is 11.3 Å². The predicted octanol–water partition coefficient (Wildman–Crippen LogP) is 4.02. The summed E-state index contributed by atoms with van der Waals surface area (Å²) in [6.07, 6.45) is 1.84. The summed E-state index contributed by atoms with van der Waals surface area (Å²) < 4.78 is 6.89. The van der Waals surface area contributed by atoms with Crippen molar-refractivity contribution in [2.75, 3.05) is 11.9 Å². The van der Waals surface area contributed by atoms with Crippen LogP contribution in [0.4, 0.5) is 10.6 Å². The van der Waals surface area contributed by atoms with Crippen LogP contribution in [0.5, 0.6) is 0 Å². The van der Waals surface area contributed by atoms with Gasteiger partial charge in [0, 0.05) is 11.8 Å². The van der Waals surface area contributed by atoms with Gasteiger partial charge in [0.2, 0.25) is 0 Å². The molecule has 2 amide bonds. The summed E-state index contributed by atoms with van der Waals surface area (Å²) in [5, 5.41) is 5.60. The molecule has 0 unspecified atom stereocenters. The summed E-state index contributed by atoms with van der Waals surface area (Å²) in [5.41, 5.74) is 3.37. The number of hydrogen-bond donors (Lipinski definition) is 2. The highest BCUT2D eigenvalue weighted by atomic mass is 16.5. The Labute approximate surface area is 170 Å². The van der Waals surface area contributed by atoms with Crippen molar-refractivity contribution < 1.29 is 14.3 Å². The first-order valence-corrected chi connectivity index (χ1v) is 9.69. The van der Waals surface area contributed by atoms with Gasteiger partial charge < -0.3 is 10.1 Å². The molecule has 0 saturated heterocycles. The van der Waals surface area contributed by atoms with Gasteiger partial charge in [-0.25, -0.2) is 14.6 Å². The molecule has 0 saturated carbocycles. The Hall–Kier alpha value is -3.35. The molecule has 2 N–H and O–H groups in total. The topological polar surface area (TPSA) is 84.7 Å². The van der Waals surface area contributed by atoms with E-state index in [1.54, 1.807) is 6.92 Å². The van der Waals surface area contributed by atoms with Gasteiger partial charge in [-0.1, -0.05) is 43.7 Å². The van der Waals surface area contributed by atoms with Crippen LogP contribution >= 0.6 is 0 Å². The Kier molecular flexibility index (Phi) is 6.16. The van der Waals surface area contributed by atoms with Crippen molar-refractivity contribution >= 4 is 23.5 Å². The number of ether oxygens (including phenoxy) is 1. The molecular formula is C22H26N4O3. The number of benzene rings is 1. The third-order valence-corrected chi connectivity index (χ3v) is 4.55. The van der Waals surface area contributed by atoms with Gasteiger partial charge in [0.1, 0.15) is 23.2 Å². The largest absolute Gasteiger partial charge is 0.464 e. The van der Waals surface area contributed by atoms with Crippen LogP contribution in [0.25, 0.3) is 16.9 Å². The average molecular weight is 394 g/mol. The molecule has 0 aliphatic carbocycles. The Bertz CT molecular complexity index is 1030. The molecule has 29 heavy (non-hydrogen) atoms. The molecule has 7 nitrogen and oxygen atoms in total. The highest BCUT2D eigenvalue weighted by molar-refractivity contribution is 5.95. The number of urea groups is 1. The Morgan fingerprint density at radius 1 is 1.17 bits per heavy atom. The summed E-state index contributed by atoms with van der Waals surface area (Å²) in [5.74, 6) is -0.0250. The lowest BCUT2D eigenvalue weighted by molar-refractivity contribution is -0.146. The maximum atomic E-state index is 12.8. The van der Waals surface area contributed by atoms with Crippen molar-refractivity contribution in [2.45, 2.75) is 33.7 Å². The number of pyridine rings is 1. The fraction of sp³-hybridized carbons (Fsp3) is 0.318. The number of aromatic nitrogens is 2. The van der Waals surface area contributed by atoms with Crippen molar-refractivity contribution in [1.82, 2.24) is 14.7 Å². The molecule has 1 aromatic carbocycles. The molecule has 2 aromatic heterocycles. The van der Waals surface area contributed by atoms with Crippen LogP contribution in [-0.4, -0.2) is 34.0 Å². The molecule has 0 radical (unpaired) electrons. The highest BCUT2D eigenvalue weighted by Gasteiger charge is 2.26. The van der Waals surface area contributed by atoms with Crippen molar-refractivity contribution in [3.05, 3.63) is 54.2 Å². The number of nitrogens with zero attached hydrogens (tertiary/aromatic N) is 2. The number of esters is 1. The standard InChI is InChI=1S/C22H26N4O3/c1-5-29-21(27)18(14(2)3)24-22(28)25-20-19(16-10-8-9-15(4)13-16)23-17-11-6-7-12-26(17)20/h6-14,18H,5H2,1-4H3,(H2,24,25,28)/t18-/m0/s1. The minimum absolute atomic E-state index is 0.113. The van der Waals surface area contributed by atoms with Crippen molar-refractivity contribution in [2.24, 2.45) is 5.92 Å². The number of amides is 2. The van der Waals surface area contributed by atoms with Crippen molar-refractivity contribution in [1.29, 1.82) is 0 Å². The van der Waals surface area contributed by atoms with E-state index >= 15 is 0 Å². The van der Waals surface area contributed by atoms with E-state index in [9.17, 15) is 9.59 Å². The zero-order valence-electron chi connectivity index (χ0n) is 17.1. The van der Waals surface area contributed by atoms with Gasteiger partial charge in [0.05, 0.1) is 6.61 Å². The number of carbonyl (C=O) groups excluding carboxylic acids is 2. The van der Waals surface area contributed by atoms with Crippen LogP contribution in [0.2, 0.25) is 0 Å². The van der Waals surface area contributed by atoms with E-state index in [0.29, 0.717) is 17.2 Å². The number of aryl methyl sites for hydroxylation is 1. The van der Waals surface area contributed by atoms with Gasteiger partial charge in [-0.3, -0.25) is 9.72 Å². The predicted molar refractivity (Wildman–Crippen MR) is 113 cm³/mol. The summed E-state index contributed by atoms with van der Waals surface area (Å²) in [6.45, 7) is 7.71. The van der Waals surface area contributed by atoms with Gasteiger partial charge in [-0.05, 0) is 38.0 Å². The lowest BCUT2D eigenvalue weighted by Gasteiger charge is -2.20.